The number of para-hydroxylation sites is 2. The molecule has 0 fully saturated rings. The Bertz CT molecular complexity index is 1570. The van der Waals surface area contributed by atoms with Gasteiger partial charge in [0.05, 0.1) is 5.52 Å². The van der Waals surface area contributed by atoms with Crippen LogP contribution >= 0.6 is 0 Å². The summed E-state index contributed by atoms with van der Waals surface area (Å²) in [6.45, 7) is 0.0513. The third-order valence-corrected chi connectivity index (χ3v) is 6.28. The highest BCUT2D eigenvalue weighted by molar-refractivity contribution is 6.99. The van der Waals surface area contributed by atoms with Gasteiger partial charge in [0.25, 0.3) is 12.3 Å². The number of aromatic nitrogens is 1. The van der Waals surface area contributed by atoms with Crippen LogP contribution in [-0.4, -0.2) is 11.3 Å². The van der Waals surface area contributed by atoms with Gasteiger partial charge >= 0.3 is 0 Å². The van der Waals surface area contributed by atoms with Gasteiger partial charge in [-0.05, 0) is 46.0 Å². The van der Waals surface area contributed by atoms with Gasteiger partial charge in [0, 0.05) is 16.5 Å². The van der Waals surface area contributed by atoms with Crippen molar-refractivity contribution >= 4 is 44.8 Å². The van der Waals surface area contributed by atoms with Gasteiger partial charge in [-0.25, -0.2) is 0 Å². The highest BCUT2D eigenvalue weighted by atomic mass is 16.5. The first-order valence-corrected chi connectivity index (χ1v) is 9.79. The summed E-state index contributed by atoms with van der Waals surface area (Å²) in [6, 6.07) is 28.5. The summed E-state index contributed by atoms with van der Waals surface area (Å²) in [5, 5.41) is 2.86. The summed E-state index contributed by atoms with van der Waals surface area (Å²) < 4.78 is 8.14. The van der Waals surface area contributed by atoms with E-state index in [1.165, 1.54) is 0 Å². The topological polar surface area (TPSA) is 31.2 Å². The molecule has 7 rings (SSSR count). The first kappa shape index (κ1) is 15.2. The van der Waals surface area contributed by atoms with Gasteiger partial charge in [-0.15, -0.1) is 0 Å². The monoisotopic (exact) mass is 371 g/mol. The Hall–Kier alpha value is -3.79. The zero-order chi connectivity index (χ0) is 19.1. The Balaban J connectivity index is 1.77. The van der Waals surface area contributed by atoms with E-state index in [4.69, 9.17) is 4.74 Å². The predicted octanol–water partition coefficient (Wildman–Crippen LogP) is 3.08. The van der Waals surface area contributed by atoms with Crippen LogP contribution in [0.25, 0.3) is 27.4 Å². The molecule has 0 spiro atoms. The summed E-state index contributed by atoms with van der Waals surface area (Å²) in [6.07, 6.45) is 0. The van der Waals surface area contributed by atoms with Crippen LogP contribution in [0.1, 0.15) is 0 Å². The molecule has 5 aromatic rings. The van der Waals surface area contributed by atoms with E-state index in [2.05, 4.69) is 30.3 Å². The van der Waals surface area contributed by atoms with Crippen molar-refractivity contribution < 1.29 is 4.74 Å². The zero-order valence-corrected chi connectivity index (χ0v) is 15.4. The fourth-order valence-corrected chi connectivity index (χ4v) is 5.13. The lowest BCUT2D eigenvalue weighted by Crippen LogP contribution is -2.59. The van der Waals surface area contributed by atoms with Crippen molar-refractivity contribution in [1.29, 1.82) is 0 Å². The summed E-state index contributed by atoms with van der Waals surface area (Å²) in [4.78, 5) is 13.6. The Morgan fingerprint density at radius 3 is 2.28 bits per heavy atom. The minimum atomic E-state index is 0.0197. The number of ether oxygens (including phenoxy) is 1. The average Bonchev–Trinajstić information content (AvgIpc) is 2.78. The SMILES string of the molecule is O=c1c2ccccc2c2cccc3c2n1-c1cccc2c1B3c1ccccc1O2. The molecule has 2 aliphatic heterocycles. The highest BCUT2D eigenvalue weighted by Crippen LogP contribution is 2.32. The molecule has 0 unspecified atom stereocenters. The Morgan fingerprint density at radius 1 is 0.655 bits per heavy atom. The van der Waals surface area contributed by atoms with Crippen molar-refractivity contribution in [3.05, 3.63) is 95.3 Å². The second kappa shape index (κ2) is 5.18. The van der Waals surface area contributed by atoms with E-state index in [9.17, 15) is 4.79 Å². The van der Waals surface area contributed by atoms with E-state index < -0.39 is 0 Å². The van der Waals surface area contributed by atoms with Crippen LogP contribution in [0.5, 0.6) is 11.5 Å². The molecule has 0 amide bonds. The number of fused-ring (bicyclic) bond motifs is 6. The number of hydrogen-bond acceptors (Lipinski definition) is 2. The quantitative estimate of drug-likeness (QED) is 0.303. The molecule has 0 bridgehead atoms. The molecule has 2 aliphatic rings. The largest absolute Gasteiger partial charge is 0.458 e. The van der Waals surface area contributed by atoms with Crippen molar-refractivity contribution in [2.45, 2.75) is 0 Å². The number of benzene rings is 4. The van der Waals surface area contributed by atoms with Gasteiger partial charge in [-0.3, -0.25) is 9.36 Å². The molecule has 0 aliphatic carbocycles. The Morgan fingerprint density at radius 2 is 1.34 bits per heavy atom. The highest BCUT2D eigenvalue weighted by Gasteiger charge is 2.39. The molecule has 3 heterocycles. The van der Waals surface area contributed by atoms with Gasteiger partial charge in [-0.1, -0.05) is 60.7 Å². The van der Waals surface area contributed by atoms with Crippen LogP contribution in [0.3, 0.4) is 0 Å². The van der Waals surface area contributed by atoms with E-state index in [0.717, 1.165) is 55.3 Å². The molecule has 1 aromatic heterocycles. The molecule has 4 aromatic carbocycles. The van der Waals surface area contributed by atoms with Gasteiger partial charge in [-0.2, -0.15) is 0 Å². The number of pyridine rings is 1. The van der Waals surface area contributed by atoms with Crippen molar-refractivity contribution in [2.75, 3.05) is 0 Å². The molecular formula is C25H14BNO2. The molecule has 0 saturated carbocycles. The Labute approximate surface area is 166 Å². The van der Waals surface area contributed by atoms with Gasteiger partial charge in [0.15, 0.2) is 0 Å². The van der Waals surface area contributed by atoms with Gasteiger partial charge in [0.2, 0.25) is 0 Å². The van der Waals surface area contributed by atoms with Gasteiger partial charge < -0.3 is 4.74 Å². The first-order valence-electron chi connectivity index (χ1n) is 9.79. The van der Waals surface area contributed by atoms with E-state index in [1.54, 1.807) is 0 Å². The fourth-order valence-electron chi connectivity index (χ4n) is 5.13. The normalized spacial score (nSPS) is 13.2. The fraction of sp³-hybridized carbons (Fsp3) is 0. The maximum absolute atomic E-state index is 13.6. The van der Waals surface area contributed by atoms with Crippen molar-refractivity contribution in [1.82, 2.24) is 4.57 Å². The smallest absolute Gasteiger partial charge is 0.263 e. The minimum absolute atomic E-state index is 0.0197. The van der Waals surface area contributed by atoms with Crippen LogP contribution in [0.4, 0.5) is 0 Å². The van der Waals surface area contributed by atoms with Gasteiger partial charge in [0.1, 0.15) is 11.5 Å². The lowest BCUT2D eigenvalue weighted by atomic mass is 9.34. The number of nitrogens with zero attached hydrogens (tertiary/aromatic N) is 1. The molecular weight excluding hydrogens is 357 g/mol. The van der Waals surface area contributed by atoms with Crippen molar-refractivity contribution in [3.63, 3.8) is 0 Å². The second-order valence-corrected chi connectivity index (χ2v) is 7.69. The van der Waals surface area contributed by atoms with Crippen LogP contribution < -0.4 is 26.7 Å². The number of rotatable bonds is 0. The molecule has 0 atom stereocenters. The van der Waals surface area contributed by atoms with E-state index in [-0.39, 0.29) is 12.3 Å². The predicted molar refractivity (Wildman–Crippen MR) is 118 cm³/mol. The van der Waals surface area contributed by atoms with Crippen molar-refractivity contribution in [2.24, 2.45) is 0 Å². The van der Waals surface area contributed by atoms with E-state index >= 15 is 0 Å². The van der Waals surface area contributed by atoms with E-state index in [0.29, 0.717) is 0 Å². The van der Waals surface area contributed by atoms with Crippen LogP contribution in [0.15, 0.2) is 89.7 Å². The molecule has 0 saturated heterocycles. The summed E-state index contributed by atoms with van der Waals surface area (Å²) >= 11 is 0. The molecule has 3 nitrogen and oxygen atoms in total. The lowest BCUT2D eigenvalue weighted by Gasteiger charge is -2.33. The summed E-state index contributed by atoms with van der Waals surface area (Å²) in [5.41, 5.74) is 5.31. The third kappa shape index (κ3) is 1.77. The van der Waals surface area contributed by atoms with Crippen LogP contribution in [0, 0.1) is 0 Å². The maximum Gasteiger partial charge on any atom is 0.263 e. The van der Waals surface area contributed by atoms with E-state index in [1.807, 2.05) is 59.2 Å². The Kier molecular flexibility index (Phi) is 2.71. The van der Waals surface area contributed by atoms with Crippen LogP contribution in [-0.2, 0) is 0 Å². The first-order chi connectivity index (χ1) is 14.3. The average molecular weight is 371 g/mol. The molecule has 29 heavy (non-hydrogen) atoms. The number of hydrogen-bond donors (Lipinski definition) is 0. The molecule has 0 N–H and O–H groups in total. The minimum Gasteiger partial charge on any atom is -0.458 e. The molecule has 0 radical (unpaired) electrons. The lowest BCUT2D eigenvalue weighted by molar-refractivity contribution is 0.487. The van der Waals surface area contributed by atoms with Crippen molar-refractivity contribution in [3.8, 4) is 17.2 Å². The maximum atomic E-state index is 13.6. The molecule has 134 valence electrons. The van der Waals surface area contributed by atoms with Crippen LogP contribution in [0.2, 0.25) is 0 Å². The third-order valence-electron chi connectivity index (χ3n) is 6.28. The second-order valence-electron chi connectivity index (χ2n) is 7.69. The zero-order valence-electron chi connectivity index (χ0n) is 15.4. The molecule has 4 heteroatoms. The standard InChI is InChI=1S/C25H14BNO2/c28-25-17-8-2-1-7-15(17)16-9-5-11-19-24(16)27(25)20-12-6-14-22-23(20)26(19)18-10-3-4-13-21(18)29-22/h1-14H. The summed E-state index contributed by atoms with van der Waals surface area (Å²) in [7, 11) is 0. The summed E-state index contributed by atoms with van der Waals surface area (Å²) in [5.74, 6) is 1.71.